The first-order valence-electron chi connectivity index (χ1n) is 6.65. The molecule has 96 valence electrons. The standard InChI is InChI=1S/C14H18N2O2/c1-7-5-10(7)13-15-8(2)11-6-9(14(17)18)3-4-12(11)16-13/h7,9-10H,3-6H2,1-2H3,(H,17,18). The van der Waals surface area contributed by atoms with Gasteiger partial charge >= 0.3 is 5.97 Å². The highest BCUT2D eigenvalue weighted by molar-refractivity contribution is 5.71. The number of aliphatic carboxylic acids is 1. The molecule has 1 aromatic heterocycles. The number of fused-ring (bicyclic) bond motifs is 1. The molecule has 0 aromatic carbocycles. The van der Waals surface area contributed by atoms with Gasteiger partial charge in [0.25, 0.3) is 0 Å². The third-order valence-corrected chi connectivity index (χ3v) is 4.29. The predicted molar refractivity (Wildman–Crippen MR) is 66.4 cm³/mol. The lowest BCUT2D eigenvalue weighted by molar-refractivity contribution is -0.142. The van der Waals surface area contributed by atoms with E-state index in [1.54, 1.807) is 0 Å². The Morgan fingerprint density at radius 1 is 1.39 bits per heavy atom. The highest BCUT2D eigenvalue weighted by Gasteiger charge is 2.38. The van der Waals surface area contributed by atoms with Gasteiger partial charge in [-0.2, -0.15) is 0 Å². The molecule has 0 bridgehead atoms. The van der Waals surface area contributed by atoms with Crippen LogP contribution in [0.3, 0.4) is 0 Å². The molecular weight excluding hydrogens is 228 g/mol. The van der Waals surface area contributed by atoms with E-state index in [9.17, 15) is 4.79 Å². The molecule has 18 heavy (non-hydrogen) atoms. The van der Waals surface area contributed by atoms with Crippen LogP contribution in [0.15, 0.2) is 0 Å². The molecule has 3 rings (SSSR count). The summed E-state index contributed by atoms with van der Waals surface area (Å²) in [7, 11) is 0. The van der Waals surface area contributed by atoms with Crippen molar-refractivity contribution in [1.82, 2.24) is 9.97 Å². The van der Waals surface area contributed by atoms with E-state index >= 15 is 0 Å². The second kappa shape index (κ2) is 4.04. The zero-order chi connectivity index (χ0) is 12.9. The van der Waals surface area contributed by atoms with Gasteiger partial charge in [0.2, 0.25) is 0 Å². The molecule has 1 heterocycles. The van der Waals surface area contributed by atoms with Gasteiger partial charge in [-0.05, 0) is 44.1 Å². The van der Waals surface area contributed by atoms with Gasteiger partial charge < -0.3 is 5.11 Å². The van der Waals surface area contributed by atoms with Crippen molar-refractivity contribution in [3.63, 3.8) is 0 Å². The maximum Gasteiger partial charge on any atom is 0.306 e. The van der Waals surface area contributed by atoms with Crippen molar-refractivity contribution in [2.24, 2.45) is 11.8 Å². The molecule has 3 unspecified atom stereocenters. The van der Waals surface area contributed by atoms with Crippen molar-refractivity contribution < 1.29 is 9.90 Å². The highest BCUT2D eigenvalue weighted by atomic mass is 16.4. The fourth-order valence-electron chi connectivity index (χ4n) is 2.87. The summed E-state index contributed by atoms with van der Waals surface area (Å²) in [5, 5.41) is 9.10. The Hall–Kier alpha value is -1.45. The molecule has 2 aliphatic carbocycles. The number of aryl methyl sites for hydroxylation is 2. The number of carboxylic acid groups (broad SMARTS) is 1. The lowest BCUT2D eigenvalue weighted by Crippen LogP contribution is -2.24. The summed E-state index contributed by atoms with van der Waals surface area (Å²) in [6.45, 7) is 4.21. The third-order valence-electron chi connectivity index (χ3n) is 4.29. The molecule has 3 atom stereocenters. The van der Waals surface area contributed by atoms with E-state index in [-0.39, 0.29) is 5.92 Å². The van der Waals surface area contributed by atoms with Crippen LogP contribution in [-0.2, 0) is 17.6 Å². The summed E-state index contributed by atoms with van der Waals surface area (Å²) in [6.07, 6.45) is 3.27. The molecule has 1 saturated carbocycles. The van der Waals surface area contributed by atoms with Crippen molar-refractivity contribution >= 4 is 5.97 Å². The van der Waals surface area contributed by atoms with Gasteiger partial charge in [-0.15, -0.1) is 0 Å². The quantitative estimate of drug-likeness (QED) is 0.868. The molecule has 1 aromatic rings. The zero-order valence-corrected chi connectivity index (χ0v) is 10.8. The Morgan fingerprint density at radius 3 is 2.72 bits per heavy atom. The molecule has 4 heteroatoms. The first kappa shape index (κ1) is 11.6. The first-order chi connectivity index (χ1) is 8.56. The molecule has 0 aliphatic heterocycles. The van der Waals surface area contributed by atoms with Crippen molar-refractivity contribution in [2.45, 2.75) is 45.4 Å². The van der Waals surface area contributed by atoms with Crippen LogP contribution < -0.4 is 0 Å². The molecule has 4 nitrogen and oxygen atoms in total. The maximum atomic E-state index is 11.1. The molecule has 1 N–H and O–H groups in total. The van der Waals surface area contributed by atoms with Gasteiger partial charge in [0, 0.05) is 17.3 Å². The van der Waals surface area contributed by atoms with Crippen LogP contribution in [0.2, 0.25) is 0 Å². The van der Waals surface area contributed by atoms with E-state index in [1.165, 1.54) is 6.42 Å². The van der Waals surface area contributed by atoms with E-state index in [4.69, 9.17) is 5.11 Å². The number of rotatable bonds is 2. The van der Waals surface area contributed by atoms with Crippen LogP contribution in [-0.4, -0.2) is 21.0 Å². The fraction of sp³-hybridized carbons (Fsp3) is 0.643. The van der Waals surface area contributed by atoms with Crippen molar-refractivity contribution in [3.8, 4) is 0 Å². The van der Waals surface area contributed by atoms with E-state index in [2.05, 4.69) is 16.9 Å². The Labute approximate surface area is 106 Å². The van der Waals surface area contributed by atoms with Crippen LogP contribution in [0.5, 0.6) is 0 Å². The molecule has 0 saturated heterocycles. The van der Waals surface area contributed by atoms with Crippen LogP contribution >= 0.6 is 0 Å². The van der Waals surface area contributed by atoms with E-state index in [0.29, 0.717) is 24.7 Å². The number of hydrogen-bond donors (Lipinski definition) is 1. The van der Waals surface area contributed by atoms with E-state index in [0.717, 1.165) is 29.2 Å². The SMILES string of the molecule is Cc1nc(C2CC2C)nc2c1CC(C(=O)O)CC2. The second-order valence-electron chi connectivity index (χ2n) is 5.69. The van der Waals surface area contributed by atoms with Crippen molar-refractivity contribution in [3.05, 3.63) is 22.8 Å². The molecule has 0 spiro atoms. The number of carboxylic acids is 1. The Kier molecular flexibility index (Phi) is 2.61. The van der Waals surface area contributed by atoms with Crippen LogP contribution in [0.4, 0.5) is 0 Å². The number of nitrogens with zero attached hydrogens (tertiary/aromatic N) is 2. The highest BCUT2D eigenvalue weighted by Crippen LogP contribution is 2.45. The summed E-state index contributed by atoms with van der Waals surface area (Å²) < 4.78 is 0. The molecule has 2 aliphatic rings. The summed E-state index contributed by atoms with van der Waals surface area (Å²) in [6, 6.07) is 0. The van der Waals surface area contributed by atoms with E-state index < -0.39 is 5.97 Å². The average Bonchev–Trinajstić information content (AvgIpc) is 3.06. The fourth-order valence-corrected chi connectivity index (χ4v) is 2.87. The molecule has 0 amide bonds. The summed E-state index contributed by atoms with van der Waals surface area (Å²) in [5.41, 5.74) is 3.15. The van der Waals surface area contributed by atoms with Gasteiger partial charge in [0.1, 0.15) is 5.82 Å². The number of carbonyl (C=O) groups is 1. The summed E-state index contributed by atoms with van der Waals surface area (Å²) >= 11 is 0. The summed E-state index contributed by atoms with van der Waals surface area (Å²) in [5.74, 6) is 1.27. The smallest absolute Gasteiger partial charge is 0.306 e. The summed E-state index contributed by atoms with van der Waals surface area (Å²) in [4.78, 5) is 20.3. The van der Waals surface area contributed by atoms with Crippen LogP contribution in [0.25, 0.3) is 0 Å². The average molecular weight is 246 g/mol. The normalized spacial score (nSPS) is 29.8. The topological polar surface area (TPSA) is 63.1 Å². The third kappa shape index (κ3) is 1.89. The predicted octanol–water partition coefficient (Wildman–Crippen LogP) is 2.10. The number of aromatic nitrogens is 2. The van der Waals surface area contributed by atoms with Crippen molar-refractivity contribution in [2.75, 3.05) is 0 Å². The van der Waals surface area contributed by atoms with Gasteiger partial charge in [-0.25, -0.2) is 9.97 Å². The number of hydrogen-bond acceptors (Lipinski definition) is 3. The first-order valence-corrected chi connectivity index (χ1v) is 6.65. The van der Waals surface area contributed by atoms with Gasteiger partial charge in [0.15, 0.2) is 0 Å². The largest absolute Gasteiger partial charge is 0.481 e. The molecular formula is C14H18N2O2. The Bertz CT molecular complexity index is 513. The second-order valence-corrected chi connectivity index (χ2v) is 5.69. The monoisotopic (exact) mass is 246 g/mol. The Morgan fingerprint density at radius 2 is 2.11 bits per heavy atom. The Balaban J connectivity index is 1.92. The molecule has 1 fully saturated rings. The van der Waals surface area contributed by atoms with Gasteiger partial charge in [-0.1, -0.05) is 6.92 Å². The van der Waals surface area contributed by atoms with Crippen LogP contribution in [0, 0.1) is 18.8 Å². The minimum Gasteiger partial charge on any atom is -0.481 e. The lowest BCUT2D eigenvalue weighted by Gasteiger charge is -2.22. The molecule has 0 radical (unpaired) electrons. The minimum absolute atomic E-state index is 0.259. The minimum atomic E-state index is -0.694. The van der Waals surface area contributed by atoms with Crippen LogP contribution in [0.1, 0.15) is 48.5 Å². The van der Waals surface area contributed by atoms with Gasteiger partial charge in [0.05, 0.1) is 5.92 Å². The maximum absolute atomic E-state index is 11.1. The van der Waals surface area contributed by atoms with E-state index in [1.807, 2.05) is 6.92 Å². The van der Waals surface area contributed by atoms with Crippen molar-refractivity contribution in [1.29, 1.82) is 0 Å². The lowest BCUT2D eigenvalue weighted by atomic mass is 9.86. The zero-order valence-electron chi connectivity index (χ0n) is 10.8. The van der Waals surface area contributed by atoms with Gasteiger partial charge in [-0.3, -0.25) is 4.79 Å².